The number of hydrogen-bond donors (Lipinski definition) is 1. The zero-order valence-electron chi connectivity index (χ0n) is 17.4. The van der Waals surface area contributed by atoms with E-state index in [0.717, 1.165) is 76.1 Å². The number of halogens is 1. The van der Waals surface area contributed by atoms with E-state index in [1.807, 2.05) is 11.0 Å². The van der Waals surface area contributed by atoms with Crippen LogP contribution in [-0.2, 0) is 13.1 Å². The maximum atomic E-state index is 12.6. The largest absolute Gasteiger partial charge is 0.338 e. The fourth-order valence-electron chi connectivity index (χ4n) is 4.30. The molecule has 4 rings (SSSR count). The smallest absolute Gasteiger partial charge is 0.317 e. The summed E-state index contributed by atoms with van der Waals surface area (Å²) in [6.45, 7) is 8.40. The molecule has 30 heavy (non-hydrogen) atoms. The second-order valence-corrected chi connectivity index (χ2v) is 10.2. The number of urea groups is 1. The fourth-order valence-corrected chi connectivity index (χ4v) is 5.43. The summed E-state index contributed by atoms with van der Waals surface area (Å²) in [6.07, 6.45) is 2.31. The van der Waals surface area contributed by atoms with Crippen LogP contribution in [0.15, 0.2) is 42.5 Å². The zero-order valence-corrected chi connectivity index (χ0v) is 19.0. The van der Waals surface area contributed by atoms with Crippen molar-refractivity contribution in [1.82, 2.24) is 20.0 Å². The van der Waals surface area contributed by atoms with Crippen molar-refractivity contribution in [2.24, 2.45) is 5.92 Å². The van der Waals surface area contributed by atoms with Crippen molar-refractivity contribution in [3.05, 3.63) is 57.2 Å². The number of piperazine rings is 1. The van der Waals surface area contributed by atoms with Crippen molar-refractivity contribution in [2.45, 2.75) is 25.9 Å². The number of thiophene rings is 1. The third-order valence-electron chi connectivity index (χ3n) is 6.17. The van der Waals surface area contributed by atoms with Gasteiger partial charge >= 0.3 is 6.03 Å². The summed E-state index contributed by atoms with van der Waals surface area (Å²) in [4.78, 5) is 20.8. The summed E-state index contributed by atoms with van der Waals surface area (Å²) in [5, 5.41) is 3.19. The number of carbonyl (C=O) groups is 1. The Kier molecular flexibility index (Phi) is 7.66. The van der Waals surface area contributed by atoms with Crippen LogP contribution in [0.1, 0.15) is 23.3 Å². The number of piperidine rings is 1. The summed E-state index contributed by atoms with van der Waals surface area (Å²) in [6, 6.07) is 14.8. The molecule has 2 aromatic rings. The molecule has 0 spiro atoms. The first kappa shape index (κ1) is 21.6. The van der Waals surface area contributed by atoms with Gasteiger partial charge in [-0.1, -0.05) is 41.9 Å². The number of amides is 2. The molecule has 1 aromatic heterocycles. The molecule has 5 nitrogen and oxygen atoms in total. The van der Waals surface area contributed by atoms with Crippen LogP contribution >= 0.6 is 22.9 Å². The van der Waals surface area contributed by atoms with Gasteiger partial charge in [0.2, 0.25) is 0 Å². The minimum atomic E-state index is 0.0977. The Bertz CT molecular complexity index is 799. The predicted octanol–water partition coefficient (Wildman–Crippen LogP) is 4.14. The van der Waals surface area contributed by atoms with Crippen molar-refractivity contribution >= 4 is 29.0 Å². The van der Waals surface area contributed by atoms with Gasteiger partial charge in [-0.05, 0) is 49.5 Å². The monoisotopic (exact) mass is 446 g/mol. The van der Waals surface area contributed by atoms with Gasteiger partial charge in [0.1, 0.15) is 0 Å². The van der Waals surface area contributed by atoms with Crippen molar-refractivity contribution in [2.75, 3.05) is 45.8 Å². The Morgan fingerprint density at radius 3 is 2.30 bits per heavy atom. The van der Waals surface area contributed by atoms with Gasteiger partial charge < -0.3 is 10.2 Å². The maximum absolute atomic E-state index is 12.6. The third kappa shape index (κ3) is 6.20. The average molecular weight is 447 g/mol. The molecule has 2 aliphatic heterocycles. The van der Waals surface area contributed by atoms with Crippen molar-refractivity contribution in [3.63, 3.8) is 0 Å². The molecule has 0 unspecified atom stereocenters. The second-order valence-electron chi connectivity index (χ2n) is 8.36. The summed E-state index contributed by atoms with van der Waals surface area (Å²) in [5.41, 5.74) is 1.38. The lowest BCUT2D eigenvalue weighted by molar-refractivity contribution is 0.132. The molecular weight excluding hydrogens is 416 g/mol. The third-order valence-corrected chi connectivity index (χ3v) is 7.38. The number of nitrogens with zero attached hydrogens (tertiary/aromatic N) is 3. The van der Waals surface area contributed by atoms with Crippen LogP contribution in [-0.4, -0.2) is 66.5 Å². The Labute approximate surface area is 188 Å². The molecule has 2 amide bonds. The Morgan fingerprint density at radius 2 is 1.63 bits per heavy atom. The molecule has 162 valence electrons. The first-order valence-electron chi connectivity index (χ1n) is 10.9. The molecular formula is C23H31ClN4OS. The number of hydrogen-bond acceptors (Lipinski definition) is 4. The quantitative estimate of drug-likeness (QED) is 0.724. The average Bonchev–Trinajstić information content (AvgIpc) is 3.19. The molecule has 1 aromatic carbocycles. The number of rotatable bonds is 6. The van der Waals surface area contributed by atoms with Gasteiger partial charge in [0.05, 0.1) is 4.34 Å². The van der Waals surface area contributed by atoms with Crippen LogP contribution in [0.5, 0.6) is 0 Å². The first-order chi connectivity index (χ1) is 14.7. The predicted molar refractivity (Wildman–Crippen MR) is 124 cm³/mol. The molecule has 1 N–H and O–H groups in total. The van der Waals surface area contributed by atoms with Crippen LogP contribution < -0.4 is 5.32 Å². The van der Waals surface area contributed by atoms with Gasteiger partial charge in [-0.25, -0.2) is 4.79 Å². The lowest BCUT2D eigenvalue weighted by Crippen LogP contribution is -2.52. The molecule has 2 saturated heterocycles. The van der Waals surface area contributed by atoms with Crippen molar-refractivity contribution in [1.29, 1.82) is 0 Å². The fraction of sp³-hybridized carbons (Fsp3) is 0.522. The van der Waals surface area contributed by atoms with Crippen LogP contribution in [0.2, 0.25) is 4.34 Å². The SMILES string of the molecule is O=C(NCC1CCN(Cc2ccccc2)CC1)N1CCN(Cc2ccc(Cl)s2)CC1. The van der Waals surface area contributed by atoms with E-state index in [1.54, 1.807) is 11.3 Å². The molecule has 0 saturated carbocycles. The lowest BCUT2D eigenvalue weighted by atomic mass is 9.96. The van der Waals surface area contributed by atoms with E-state index in [9.17, 15) is 4.79 Å². The van der Waals surface area contributed by atoms with Crippen LogP contribution in [0.4, 0.5) is 4.79 Å². The van der Waals surface area contributed by atoms with E-state index in [0.29, 0.717) is 5.92 Å². The second kappa shape index (κ2) is 10.6. The summed E-state index contributed by atoms with van der Waals surface area (Å²) in [5.74, 6) is 0.589. The van der Waals surface area contributed by atoms with Gasteiger partial charge in [0.25, 0.3) is 0 Å². The number of benzene rings is 1. The Morgan fingerprint density at radius 1 is 0.933 bits per heavy atom. The van der Waals surface area contributed by atoms with Gasteiger partial charge in [0, 0.05) is 50.7 Å². The van der Waals surface area contributed by atoms with Crippen LogP contribution in [0, 0.1) is 5.92 Å². The molecule has 2 aliphatic rings. The Balaban J connectivity index is 1.12. The molecule has 0 bridgehead atoms. The normalized spacial score (nSPS) is 19.2. The minimum Gasteiger partial charge on any atom is -0.338 e. The summed E-state index contributed by atoms with van der Waals surface area (Å²) >= 11 is 7.66. The van der Waals surface area contributed by atoms with Crippen molar-refractivity contribution < 1.29 is 4.79 Å². The molecule has 0 atom stereocenters. The van der Waals surface area contributed by atoms with E-state index in [1.165, 1.54) is 10.4 Å². The van der Waals surface area contributed by atoms with Gasteiger partial charge in [-0.2, -0.15) is 0 Å². The van der Waals surface area contributed by atoms with Gasteiger partial charge in [-0.3, -0.25) is 9.80 Å². The van der Waals surface area contributed by atoms with E-state index in [4.69, 9.17) is 11.6 Å². The first-order valence-corrected chi connectivity index (χ1v) is 12.1. The highest BCUT2D eigenvalue weighted by molar-refractivity contribution is 7.16. The molecule has 7 heteroatoms. The zero-order chi connectivity index (χ0) is 20.8. The topological polar surface area (TPSA) is 38.8 Å². The highest BCUT2D eigenvalue weighted by Gasteiger charge is 2.24. The minimum absolute atomic E-state index is 0.0977. The lowest BCUT2D eigenvalue weighted by Gasteiger charge is -2.35. The summed E-state index contributed by atoms with van der Waals surface area (Å²) < 4.78 is 0.842. The van der Waals surface area contributed by atoms with Crippen molar-refractivity contribution in [3.8, 4) is 0 Å². The molecule has 2 fully saturated rings. The van der Waals surface area contributed by atoms with E-state index in [2.05, 4.69) is 51.5 Å². The van der Waals surface area contributed by atoms with Crippen LogP contribution in [0.3, 0.4) is 0 Å². The van der Waals surface area contributed by atoms with Gasteiger partial charge in [0.15, 0.2) is 0 Å². The van der Waals surface area contributed by atoms with Crippen LogP contribution in [0.25, 0.3) is 0 Å². The highest BCUT2D eigenvalue weighted by atomic mass is 35.5. The Hall–Kier alpha value is -1.60. The molecule has 0 radical (unpaired) electrons. The highest BCUT2D eigenvalue weighted by Crippen LogP contribution is 2.23. The number of carbonyl (C=O) groups excluding carboxylic acids is 1. The maximum Gasteiger partial charge on any atom is 0.317 e. The molecule has 0 aliphatic carbocycles. The van der Waals surface area contributed by atoms with E-state index < -0.39 is 0 Å². The number of likely N-dealkylation sites (tertiary alicyclic amines) is 1. The standard InChI is InChI=1S/C23H31ClN4OS/c24-22-7-6-21(30-22)18-27-12-14-28(15-13-27)23(29)25-16-19-8-10-26(11-9-19)17-20-4-2-1-3-5-20/h1-7,19H,8-18H2,(H,25,29). The number of nitrogens with one attached hydrogen (secondary N) is 1. The van der Waals surface area contributed by atoms with Gasteiger partial charge in [-0.15, -0.1) is 11.3 Å². The van der Waals surface area contributed by atoms with E-state index >= 15 is 0 Å². The van der Waals surface area contributed by atoms with E-state index in [-0.39, 0.29) is 6.03 Å². The summed E-state index contributed by atoms with van der Waals surface area (Å²) in [7, 11) is 0. The molecule has 3 heterocycles.